The minimum absolute atomic E-state index is 0.0278. The lowest BCUT2D eigenvalue weighted by molar-refractivity contribution is -0.146. The Labute approximate surface area is 141 Å². The molecule has 25 heavy (non-hydrogen) atoms. The number of hydrogen-bond donors (Lipinski definition) is 2. The van der Waals surface area contributed by atoms with Crippen molar-refractivity contribution in [1.29, 1.82) is 0 Å². The molecular weight excluding hydrogens is 327 g/mol. The highest BCUT2D eigenvalue weighted by Crippen LogP contribution is 2.22. The molecule has 0 aliphatic rings. The zero-order valence-corrected chi connectivity index (χ0v) is 12.9. The highest BCUT2D eigenvalue weighted by atomic mass is 19.1. The Bertz CT molecular complexity index is 1010. The van der Waals surface area contributed by atoms with E-state index in [1.807, 2.05) is 0 Å². The molecule has 0 saturated heterocycles. The van der Waals surface area contributed by atoms with Gasteiger partial charge in [0.1, 0.15) is 5.82 Å². The van der Waals surface area contributed by atoms with Crippen molar-refractivity contribution in [3.05, 3.63) is 71.8 Å². The third-order valence-corrected chi connectivity index (χ3v) is 3.59. The maximum atomic E-state index is 13.4. The van der Waals surface area contributed by atoms with Crippen molar-refractivity contribution in [3.8, 4) is 0 Å². The topological polar surface area (TPSA) is 92.4 Å². The molecule has 3 rings (SSSR count). The lowest BCUT2D eigenvalue weighted by atomic mass is 10.2. The Morgan fingerprint density at radius 1 is 1.12 bits per heavy atom. The first-order valence-corrected chi connectivity index (χ1v) is 7.33. The molecule has 1 heterocycles. The van der Waals surface area contributed by atoms with Crippen LogP contribution in [0.15, 0.2) is 54.6 Å². The van der Waals surface area contributed by atoms with Gasteiger partial charge in [0.05, 0.1) is 11.0 Å². The van der Waals surface area contributed by atoms with Crippen LogP contribution < -0.4 is 0 Å². The number of nitrogens with zero attached hydrogens (tertiary/aromatic N) is 2. The largest absolute Gasteiger partial charge is 0.504 e. The van der Waals surface area contributed by atoms with Gasteiger partial charge in [-0.05, 0) is 29.8 Å². The summed E-state index contributed by atoms with van der Waals surface area (Å²) in [5.74, 6) is -3.88. The van der Waals surface area contributed by atoms with E-state index >= 15 is 0 Å². The number of aliphatic hydroxyl groups excluding tert-OH is 1. The van der Waals surface area contributed by atoms with Crippen LogP contribution in [0.1, 0.15) is 11.4 Å². The Hall–Kier alpha value is -3.48. The predicted molar refractivity (Wildman–Crippen MR) is 88.5 cm³/mol. The van der Waals surface area contributed by atoms with Crippen LogP contribution >= 0.6 is 0 Å². The molecule has 3 aromatic rings. The zero-order chi connectivity index (χ0) is 18.0. The van der Waals surface area contributed by atoms with Crippen LogP contribution in [-0.4, -0.2) is 31.5 Å². The number of ketones is 1. The van der Waals surface area contributed by atoms with Crippen molar-refractivity contribution in [3.63, 3.8) is 0 Å². The van der Waals surface area contributed by atoms with Crippen molar-refractivity contribution in [2.45, 2.75) is 6.54 Å². The molecule has 0 aliphatic heterocycles. The van der Waals surface area contributed by atoms with Gasteiger partial charge in [-0.25, -0.2) is 14.2 Å². The highest BCUT2D eigenvalue weighted by Gasteiger charge is 2.17. The Kier molecular flexibility index (Phi) is 4.30. The summed E-state index contributed by atoms with van der Waals surface area (Å²) >= 11 is 0. The second kappa shape index (κ2) is 6.56. The second-order valence-corrected chi connectivity index (χ2v) is 5.34. The van der Waals surface area contributed by atoms with Crippen LogP contribution in [0.4, 0.5) is 4.39 Å². The Balaban J connectivity index is 2.12. The summed E-state index contributed by atoms with van der Waals surface area (Å²) in [6.45, 7) is 0.187. The number of carboxylic acids is 1. The molecule has 2 aromatic carbocycles. The Morgan fingerprint density at radius 2 is 1.88 bits per heavy atom. The van der Waals surface area contributed by atoms with E-state index in [1.165, 1.54) is 12.1 Å². The third-order valence-electron chi connectivity index (χ3n) is 3.59. The number of aliphatic carboxylic acids is 1. The number of imidazole rings is 1. The molecule has 0 radical (unpaired) electrons. The molecule has 126 valence electrons. The van der Waals surface area contributed by atoms with Gasteiger partial charge in [-0.2, -0.15) is 0 Å². The number of fused-ring (bicyclic) bond motifs is 1. The average molecular weight is 340 g/mol. The van der Waals surface area contributed by atoms with Crippen molar-refractivity contribution < 1.29 is 24.2 Å². The fourth-order valence-electron chi connectivity index (χ4n) is 2.50. The maximum Gasteiger partial charge on any atom is 0.376 e. The van der Waals surface area contributed by atoms with Crippen LogP contribution in [0.3, 0.4) is 0 Å². The van der Waals surface area contributed by atoms with Crippen LogP contribution in [0.5, 0.6) is 0 Å². The fraction of sp³-hybridized carbons (Fsp3) is 0.0556. The summed E-state index contributed by atoms with van der Waals surface area (Å²) in [6.07, 6.45) is 0.603. The molecule has 0 aliphatic carbocycles. The van der Waals surface area contributed by atoms with E-state index in [1.54, 1.807) is 41.0 Å². The van der Waals surface area contributed by atoms with E-state index in [0.29, 0.717) is 22.7 Å². The molecule has 0 saturated carbocycles. The SMILES string of the molecule is O=C(O)C(=O)/C=C(\O)c1nc2ccccc2n1Cc1cccc(F)c1. The van der Waals surface area contributed by atoms with Crippen molar-refractivity contribution in [2.75, 3.05) is 0 Å². The Morgan fingerprint density at radius 3 is 2.60 bits per heavy atom. The van der Waals surface area contributed by atoms with Gasteiger partial charge in [0.25, 0.3) is 5.78 Å². The predicted octanol–water partition coefficient (Wildman–Crippen LogP) is 2.78. The molecular formula is C18H13FN2O4. The van der Waals surface area contributed by atoms with Crippen LogP contribution in [0.25, 0.3) is 16.8 Å². The molecule has 0 bridgehead atoms. The number of halogens is 1. The molecule has 0 amide bonds. The summed E-state index contributed by atoms with van der Waals surface area (Å²) in [5.41, 5.74) is 1.84. The lowest BCUT2D eigenvalue weighted by Gasteiger charge is -2.09. The number of rotatable bonds is 5. The molecule has 0 fully saturated rings. The number of carbonyl (C=O) groups excluding carboxylic acids is 1. The maximum absolute atomic E-state index is 13.4. The second-order valence-electron chi connectivity index (χ2n) is 5.34. The molecule has 0 unspecified atom stereocenters. The van der Waals surface area contributed by atoms with Crippen molar-refractivity contribution in [2.24, 2.45) is 0 Å². The third kappa shape index (κ3) is 3.40. The first kappa shape index (κ1) is 16.4. The normalized spacial score (nSPS) is 11.6. The summed E-state index contributed by atoms with van der Waals surface area (Å²) in [6, 6.07) is 13.0. The van der Waals surface area contributed by atoms with E-state index in [-0.39, 0.29) is 12.4 Å². The van der Waals surface area contributed by atoms with Crippen LogP contribution in [0, 0.1) is 5.82 Å². The number of aliphatic hydroxyl groups is 1. The quantitative estimate of drug-likeness (QED) is 0.423. The van der Waals surface area contributed by atoms with Crippen LogP contribution in [0.2, 0.25) is 0 Å². The molecule has 1 aromatic heterocycles. The van der Waals surface area contributed by atoms with Gasteiger partial charge >= 0.3 is 5.97 Å². The lowest BCUT2D eigenvalue weighted by Crippen LogP contribution is -2.11. The molecule has 6 nitrogen and oxygen atoms in total. The number of benzene rings is 2. The minimum atomic E-state index is -1.68. The number of aromatic nitrogens is 2. The van der Waals surface area contributed by atoms with E-state index in [0.717, 1.165) is 0 Å². The van der Waals surface area contributed by atoms with Gasteiger partial charge in [0, 0.05) is 12.6 Å². The van der Waals surface area contributed by atoms with E-state index in [9.17, 15) is 19.1 Å². The van der Waals surface area contributed by atoms with E-state index in [2.05, 4.69) is 4.98 Å². The standard InChI is InChI=1S/C18H13FN2O4/c19-12-5-3-4-11(8-12)10-21-14-7-2-1-6-13(14)20-17(21)15(22)9-16(23)18(24)25/h1-9,22H,10H2,(H,24,25)/b15-9-. The number of para-hydroxylation sites is 2. The van der Waals surface area contributed by atoms with Gasteiger partial charge in [-0.15, -0.1) is 0 Å². The van der Waals surface area contributed by atoms with E-state index in [4.69, 9.17) is 5.11 Å². The van der Waals surface area contributed by atoms with Crippen LogP contribution in [-0.2, 0) is 16.1 Å². The molecule has 0 spiro atoms. The summed E-state index contributed by atoms with van der Waals surface area (Å²) in [7, 11) is 0. The fourth-order valence-corrected chi connectivity index (χ4v) is 2.50. The first-order chi connectivity index (χ1) is 12.0. The number of carbonyl (C=O) groups is 2. The summed E-state index contributed by atoms with van der Waals surface area (Å²) in [5, 5.41) is 18.9. The smallest absolute Gasteiger partial charge is 0.376 e. The molecule has 2 N–H and O–H groups in total. The first-order valence-electron chi connectivity index (χ1n) is 7.33. The number of carboxylic acid groups (broad SMARTS) is 1. The van der Waals surface area contributed by atoms with Gasteiger partial charge in [-0.3, -0.25) is 4.79 Å². The van der Waals surface area contributed by atoms with E-state index < -0.39 is 23.3 Å². The summed E-state index contributed by atoms with van der Waals surface area (Å²) in [4.78, 5) is 26.3. The zero-order valence-electron chi connectivity index (χ0n) is 12.9. The van der Waals surface area contributed by atoms with Crippen molar-refractivity contribution in [1.82, 2.24) is 9.55 Å². The summed E-state index contributed by atoms with van der Waals surface area (Å²) < 4.78 is 15.0. The highest BCUT2D eigenvalue weighted by molar-refractivity contribution is 6.38. The van der Waals surface area contributed by atoms with Gasteiger partial charge in [0.2, 0.25) is 0 Å². The van der Waals surface area contributed by atoms with Gasteiger partial charge < -0.3 is 14.8 Å². The number of hydrogen-bond acceptors (Lipinski definition) is 4. The van der Waals surface area contributed by atoms with Crippen molar-refractivity contribution >= 4 is 28.5 Å². The minimum Gasteiger partial charge on any atom is -0.504 e. The monoisotopic (exact) mass is 340 g/mol. The van der Waals surface area contributed by atoms with Gasteiger partial charge in [0.15, 0.2) is 11.6 Å². The molecule has 0 atom stereocenters. The molecule has 7 heteroatoms. The average Bonchev–Trinajstić information content (AvgIpc) is 2.93. The van der Waals surface area contributed by atoms with Gasteiger partial charge in [-0.1, -0.05) is 24.3 Å².